The van der Waals surface area contributed by atoms with Crippen molar-refractivity contribution in [1.29, 1.82) is 0 Å². The fourth-order valence-corrected chi connectivity index (χ4v) is 2.74. The lowest BCUT2D eigenvalue weighted by atomic mass is 10.2. The minimum Gasteiger partial charge on any atom is -0.497 e. The first kappa shape index (κ1) is 15.4. The van der Waals surface area contributed by atoms with E-state index in [0.717, 1.165) is 16.3 Å². The van der Waals surface area contributed by atoms with Crippen LogP contribution in [-0.4, -0.2) is 25.0 Å². The highest BCUT2D eigenvalue weighted by Crippen LogP contribution is 2.30. The Morgan fingerprint density at radius 2 is 1.83 bits per heavy atom. The standard InChI is InChI=1S/C17H15ClN2O3/c1-23-12-8-6-11(7-9-12)19-14-10-16(21)20(17(14)22)15-5-3-2-4-13(15)18/h2-9,14,19H,10H2,1H3/t14-/m1/s1. The van der Waals surface area contributed by atoms with Gasteiger partial charge in [-0.05, 0) is 36.4 Å². The minimum atomic E-state index is -0.604. The third-order valence-electron chi connectivity index (χ3n) is 3.67. The van der Waals surface area contributed by atoms with Crippen LogP contribution >= 0.6 is 11.6 Å². The number of nitrogens with zero attached hydrogens (tertiary/aromatic N) is 1. The molecule has 0 unspecified atom stereocenters. The number of carbonyl (C=O) groups is 2. The van der Waals surface area contributed by atoms with Crippen LogP contribution in [0.15, 0.2) is 48.5 Å². The van der Waals surface area contributed by atoms with Gasteiger partial charge in [-0.25, -0.2) is 4.90 Å². The Kier molecular flexibility index (Phi) is 4.21. The SMILES string of the molecule is COc1ccc(N[C@@H]2CC(=O)N(c3ccccc3Cl)C2=O)cc1. The molecule has 3 rings (SSSR count). The van der Waals surface area contributed by atoms with E-state index in [1.807, 2.05) is 0 Å². The number of hydrogen-bond acceptors (Lipinski definition) is 4. The molecule has 2 amide bonds. The van der Waals surface area contributed by atoms with Crippen molar-refractivity contribution in [3.63, 3.8) is 0 Å². The highest BCUT2D eigenvalue weighted by molar-refractivity contribution is 6.36. The van der Waals surface area contributed by atoms with Crippen LogP contribution in [0.25, 0.3) is 0 Å². The number of halogens is 1. The molecule has 1 N–H and O–H groups in total. The number of benzene rings is 2. The van der Waals surface area contributed by atoms with Crippen molar-refractivity contribution in [3.05, 3.63) is 53.6 Å². The molecule has 0 spiro atoms. The summed E-state index contributed by atoms with van der Waals surface area (Å²) < 4.78 is 5.09. The van der Waals surface area contributed by atoms with Gasteiger partial charge >= 0.3 is 0 Å². The van der Waals surface area contributed by atoms with E-state index in [4.69, 9.17) is 16.3 Å². The monoisotopic (exact) mass is 330 g/mol. The minimum absolute atomic E-state index is 0.0933. The van der Waals surface area contributed by atoms with E-state index in [0.29, 0.717) is 10.7 Å². The van der Waals surface area contributed by atoms with Crippen molar-refractivity contribution in [2.75, 3.05) is 17.3 Å². The van der Waals surface area contributed by atoms with Crippen LogP contribution in [0.2, 0.25) is 5.02 Å². The summed E-state index contributed by atoms with van der Waals surface area (Å²) in [6.07, 6.45) is 0.0933. The normalized spacial score (nSPS) is 17.5. The van der Waals surface area contributed by atoms with Gasteiger partial charge in [0.1, 0.15) is 11.8 Å². The molecule has 0 radical (unpaired) electrons. The number of nitrogens with one attached hydrogen (secondary N) is 1. The van der Waals surface area contributed by atoms with Crippen LogP contribution in [-0.2, 0) is 9.59 Å². The maximum atomic E-state index is 12.6. The van der Waals surface area contributed by atoms with Crippen LogP contribution in [0.3, 0.4) is 0 Å². The molecule has 0 aromatic heterocycles. The molecule has 2 aromatic rings. The highest BCUT2D eigenvalue weighted by Gasteiger charge is 2.40. The summed E-state index contributed by atoms with van der Waals surface area (Å²) >= 11 is 6.10. The summed E-state index contributed by atoms with van der Waals surface area (Å²) in [7, 11) is 1.59. The molecular weight excluding hydrogens is 316 g/mol. The van der Waals surface area contributed by atoms with Gasteiger partial charge in [-0.1, -0.05) is 23.7 Å². The van der Waals surface area contributed by atoms with Gasteiger partial charge in [-0.3, -0.25) is 9.59 Å². The Morgan fingerprint density at radius 1 is 1.13 bits per heavy atom. The Balaban J connectivity index is 1.79. The Labute approximate surface area is 138 Å². The molecule has 1 aliphatic heterocycles. The lowest BCUT2D eigenvalue weighted by molar-refractivity contribution is -0.121. The lowest BCUT2D eigenvalue weighted by Gasteiger charge is -2.17. The number of para-hydroxylation sites is 1. The molecule has 1 fully saturated rings. The Bertz CT molecular complexity index is 746. The van der Waals surface area contributed by atoms with Gasteiger partial charge in [-0.15, -0.1) is 0 Å². The van der Waals surface area contributed by atoms with Gasteiger partial charge < -0.3 is 10.1 Å². The molecule has 1 saturated heterocycles. The smallest absolute Gasteiger partial charge is 0.256 e. The number of amides is 2. The molecule has 5 nitrogen and oxygen atoms in total. The summed E-state index contributed by atoms with van der Waals surface area (Å²) in [6.45, 7) is 0. The topological polar surface area (TPSA) is 58.6 Å². The second kappa shape index (κ2) is 6.30. The molecule has 0 aliphatic carbocycles. The van der Waals surface area contributed by atoms with Crippen LogP contribution in [0, 0.1) is 0 Å². The zero-order valence-corrected chi connectivity index (χ0v) is 13.2. The summed E-state index contributed by atoms with van der Waals surface area (Å²) in [5, 5.41) is 3.46. The van der Waals surface area contributed by atoms with Crippen molar-refractivity contribution < 1.29 is 14.3 Å². The molecule has 23 heavy (non-hydrogen) atoms. The summed E-state index contributed by atoms with van der Waals surface area (Å²) in [5.74, 6) is 0.148. The van der Waals surface area contributed by atoms with E-state index in [1.165, 1.54) is 0 Å². The molecule has 1 aliphatic rings. The molecular formula is C17H15ClN2O3. The summed E-state index contributed by atoms with van der Waals surface area (Å²) in [5.41, 5.74) is 1.17. The maximum Gasteiger partial charge on any atom is 0.256 e. The average Bonchev–Trinajstić information content (AvgIpc) is 2.83. The number of rotatable bonds is 4. The predicted octanol–water partition coefficient (Wildman–Crippen LogP) is 3.09. The van der Waals surface area contributed by atoms with Gasteiger partial charge in [0, 0.05) is 5.69 Å². The van der Waals surface area contributed by atoms with Crippen LogP contribution in [0.5, 0.6) is 5.75 Å². The Hall–Kier alpha value is -2.53. The van der Waals surface area contributed by atoms with E-state index in [1.54, 1.807) is 55.6 Å². The van der Waals surface area contributed by atoms with E-state index in [2.05, 4.69) is 5.32 Å². The second-order valence-corrected chi connectivity index (χ2v) is 5.56. The van der Waals surface area contributed by atoms with E-state index in [-0.39, 0.29) is 18.2 Å². The molecule has 118 valence electrons. The first-order valence-electron chi connectivity index (χ1n) is 7.12. The lowest BCUT2D eigenvalue weighted by Crippen LogP contribution is -2.34. The summed E-state index contributed by atoms with van der Waals surface area (Å²) in [4.78, 5) is 25.9. The zero-order valence-electron chi connectivity index (χ0n) is 12.5. The molecule has 1 heterocycles. The molecule has 2 aromatic carbocycles. The largest absolute Gasteiger partial charge is 0.497 e. The zero-order chi connectivity index (χ0) is 16.4. The average molecular weight is 331 g/mol. The number of ether oxygens (including phenoxy) is 1. The van der Waals surface area contributed by atoms with Crippen molar-refractivity contribution in [1.82, 2.24) is 0 Å². The summed E-state index contributed by atoms with van der Waals surface area (Å²) in [6, 6.07) is 13.4. The number of methoxy groups -OCH3 is 1. The third kappa shape index (κ3) is 3.00. The van der Waals surface area contributed by atoms with Gasteiger partial charge in [0.25, 0.3) is 5.91 Å². The van der Waals surface area contributed by atoms with Crippen LogP contribution < -0.4 is 15.0 Å². The van der Waals surface area contributed by atoms with Gasteiger partial charge in [0.15, 0.2) is 0 Å². The fourth-order valence-electron chi connectivity index (χ4n) is 2.52. The molecule has 6 heteroatoms. The van der Waals surface area contributed by atoms with Crippen molar-refractivity contribution >= 4 is 34.8 Å². The highest BCUT2D eigenvalue weighted by atomic mass is 35.5. The van der Waals surface area contributed by atoms with Gasteiger partial charge in [-0.2, -0.15) is 0 Å². The second-order valence-electron chi connectivity index (χ2n) is 5.15. The van der Waals surface area contributed by atoms with Crippen molar-refractivity contribution in [2.45, 2.75) is 12.5 Å². The van der Waals surface area contributed by atoms with Crippen molar-refractivity contribution in [2.24, 2.45) is 0 Å². The van der Waals surface area contributed by atoms with E-state index < -0.39 is 6.04 Å². The van der Waals surface area contributed by atoms with E-state index in [9.17, 15) is 9.59 Å². The third-order valence-corrected chi connectivity index (χ3v) is 3.99. The van der Waals surface area contributed by atoms with Gasteiger partial charge in [0.05, 0.1) is 24.2 Å². The quantitative estimate of drug-likeness (QED) is 0.875. The predicted molar refractivity (Wildman–Crippen MR) is 89.0 cm³/mol. The van der Waals surface area contributed by atoms with Crippen LogP contribution in [0.4, 0.5) is 11.4 Å². The van der Waals surface area contributed by atoms with Gasteiger partial charge in [0.2, 0.25) is 5.91 Å². The Morgan fingerprint density at radius 3 is 2.48 bits per heavy atom. The maximum absolute atomic E-state index is 12.6. The molecule has 0 bridgehead atoms. The first-order chi connectivity index (χ1) is 11.1. The number of imide groups is 1. The van der Waals surface area contributed by atoms with E-state index >= 15 is 0 Å². The molecule has 0 saturated carbocycles. The number of anilines is 2. The fraction of sp³-hybridized carbons (Fsp3) is 0.176. The number of carbonyl (C=O) groups excluding carboxylic acids is 2. The van der Waals surface area contributed by atoms with Crippen molar-refractivity contribution in [3.8, 4) is 5.75 Å². The first-order valence-corrected chi connectivity index (χ1v) is 7.50. The number of hydrogen-bond donors (Lipinski definition) is 1. The molecule has 1 atom stereocenters. The van der Waals surface area contributed by atoms with Crippen LogP contribution in [0.1, 0.15) is 6.42 Å².